The van der Waals surface area contributed by atoms with Gasteiger partial charge >= 0.3 is 6.09 Å². The molecule has 0 radical (unpaired) electrons. The molecule has 1 aromatic rings. The lowest BCUT2D eigenvalue weighted by Gasteiger charge is -2.24. The zero-order valence-corrected chi connectivity index (χ0v) is 10.4. The van der Waals surface area contributed by atoms with Crippen LogP contribution in [0.5, 0.6) is 5.75 Å². The van der Waals surface area contributed by atoms with Crippen molar-refractivity contribution in [3.8, 4) is 5.75 Å². The first-order valence-corrected chi connectivity index (χ1v) is 5.76. The Morgan fingerprint density at radius 3 is 3.00 bits per heavy atom. The van der Waals surface area contributed by atoms with E-state index in [0.717, 1.165) is 22.2 Å². The molecule has 0 aliphatic carbocycles. The van der Waals surface area contributed by atoms with Crippen molar-refractivity contribution in [1.82, 2.24) is 5.32 Å². The van der Waals surface area contributed by atoms with E-state index in [9.17, 15) is 4.79 Å². The molecule has 0 saturated carbocycles. The number of rotatable bonds is 2. The van der Waals surface area contributed by atoms with Gasteiger partial charge in [-0.3, -0.25) is 0 Å². The van der Waals surface area contributed by atoms with Gasteiger partial charge in [0.05, 0.1) is 24.2 Å². The van der Waals surface area contributed by atoms with Gasteiger partial charge in [0.15, 0.2) is 0 Å². The fraction of sp³-hybridized carbons (Fsp3) is 0.364. The van der Waals surface area contributed by atoms with E-state index in [0.29, 0.717) is 6.61 Å². The molecule has 86 valence electrons. The highest BCUT2D eigenvalue weighted by molar-refractivity contribution is 9.10. The average Bonchev–Trinajstić information content (AvgIpc) is 2.29. The van der Waals surface area contributed by atoms with Crippen LogP contribution in [0.3, 0.4) is 0 Å². The van der Waals surface area contributed by atoms with E-state index in [1.54, 1.807) is 7.11 Å². The first-order valence-electron chi connectivity index (χ1n) is 4.97. The quantitative estimate of drug-likeness (QED) is 0.909. The molecule has 16 heavy (non-hydrogen) atoms. The number of halogens is 1. The Labute approximate surface area is 102 Å². The number of benzene rings is 1. The van der Waals surface area contributed by atoms with Gasteiger partial charge in [-0.2, -0.15) is 0 Å². The number of hydrogen-bond donors (Lipinski definition) is 1. The summed E-state index contributed by atoms with van der Waals surface area (Å²) >= 11 is 3.42. The van der Waals surface area contributed by atoms with E-state index in [-0.39, 0.29) is 12.1 Å². The lowest BCUT2D eigenvalue weighted by atomic mass is 10.0. The maximum absolute atomic E-state index is 11.1. The number of ether oxygens (including phenoxy) is 2. The van der Waals surface area contributed by atoms with E-state index in [1.165, 1.54) is 0 Å². The summed E-state index contributed by atoms with van der Waals surface area (Å²) in [4.78, 5) is 11.1. The third-order valence-electron chi connectivity index (χ3n) is 2.51. The van der Waals surface area contributed by atoms with Gasteiger partial charge < -0.3 is 14.8 Å². The van der Waals surface area contributed by atoms with Gasteiger partial charge in [-0.15, -0.1) is 0 Å². The zero-order chi connectivity index (χ0) is 11.5. The lowest BCUT2D eigenvalue weighted by Crippen LogP contribution is -2.35. The van der Waals surface area contributed by atoms with Crippen LogP contribution >= 0.6 is 15.9 Å². The highest BCUT2D eigenvalue weighted by Crippen LogP contribution is 2.29. The fourth-order valence-electron chi connectivity index (χ4n) is 1.67. The monoisotopic (exact) mass is 285 g/mol. The van der Waals surface area contributed by atoms with Crippen LogP contribution in [0.4, 0.5) is 4.79 Å². The van der Waals surface area contributed by atoms with Crippen LogP contribution in [0, 0.1) is 0 Å². The zero-order valence-electron chi connectivity index (χ0n) is 8.83. The molecule has 1 aliphatic rings. The number of carbonyl (C=O) groups is 1. The maximum atomic E-state index is 11.1. The van der Waals surface area contributed by atoms with Crippen molar-refractivity contribution >= 4 is 22.0 Å². The second-order valence-electron chi connectivity index (χ2n) is 3.52. The molecule has 0 aromatic heterocycles. The minimum Gasteiger partial charge on any atom is -0.496 e. The number of carbonyl (C=O) groups excluding carboxylic acids is 1. The summed E-state index contributed by atoms with van der Waals surface area (Å²) in [7, 11) is 1.62. The normalized spacial score (nSPS) is 19.9. The Hall–Kier alpha value is -1.23. The smallest absolute Gasteiger partial charge is 0.407 e. The predicted octanol–water partition coefficient (Wildman–Crippen LogP) is 2.63. The van der Waals surface area contributed by atoms with Gasteiger partial charge in [-0.25, -0.2) is 4.79 Å². The van der Waals surface area contributed by atoms with Crippen molar-refractivity contribution in [2.24, 2.45) is 0 Å². The van der Waals surface area contributed by atoms with E-state index >= 15 is 0 Å². The SMILES string of the molecule is COc1ccc([C@H]2CCOC(=O)N2)cc1Br. The molecule has 1 saturated heterocycles. The summed E-state index contributed by atoms with van der Waals surface area (Å²) in [5, 5.41) is 2.77. The van der Waals surface area contributed by atoms with Gasteiger partial charge in [0.1, 0.15) is 5.75 Å². The molecule has 1 aliphatic heterocycles. The first-order chi connectivity index (χ1) is 7.70. The number of nitrogens with one attached hydrogen (secondary N) is 1. The third-order valence-corrected chi connectivity index (χ3v) is 3.13. The van der Waals surface area contributed by atoms with Gasteiger partial charge in [-0.05, 0) is 33.6 Å². The summed E-state index contributed by atoms with van der Waals surface area (Å²) < 4.78 is 10.9. The van der Waals surface area contributed by atoms with Gasteiger partial charge in [-0.1, -0.05) is 6.07 Å². The Morgan fingerprint density at radius 2 is 2.38 bits per heavy atom. The van der Waals surface area contributed by atoms with Crippen LogP contribution in [0.15, 0.2) is 22.7 Å². The summed E-state index contributed by atoms with van der Waals surface area (Å²) in [6, 6.07) is 5.79. The number of alkyl carbamates (subject to hydrolysis) is 1. The van der Waals surface area contributed by atoms with E-state index in [1.807, 2.05) is 18.2 Å². The molecule has 2 rings (SSSR count). The van der Waals surface area contributed by atoms with Crippen LogP contribution in [-0.2, 0) is 4.74 Å². The molecule has 0 bridgehead atoms. The van der Waals surface area contributed by atoms with Crippen LogP contribution in [0.2, 0.25) is 0 Å². The van der Waals surface area contributed by atoms with Crippen LogP contribution in [0.1, 0.15) is 18.0 Å². The molecule has 1 heterocycles. The lowest BCUT2D eigenvalue weighted by molar-refractivity contribution is 0.115. The molecule has 4 nitrogen and oxygen atoms in total. The number of amides is 1. The van der Waals surface area contributed by atoms with Crippen molar-refractivity contribution < 1.29 is 14.3 Å². The molecular weight excluding hydrogens is 274 g/mol. The molecular formula is C11H12BrNO3. The van der Waals surface area contributed by atoms with Crippen molar-refractivity contribution in [1.29, 1.82) is 0 Å². The first kappa shape index (κ1) is 11.3. The number of methoxy groups -OCH3 is 1. The second-order valence-corrected chi connectivity index (χ2v) is 4.37. The Bertz CT molecular complexity index is 408. The molecule has 1 N–H and O–H groups in total. The summed E-state index contributed by atoms with van der Waals surface area (Å²) in [6.45, 7) is 0.458. The van der Waals surface area contributed by atoms with E-state index in [4.69, 9.17) is 9.47 Å². The predicted molar refractivity (Wildman–Crippen MR) is 62.5 cm³/mol. The highest BCUT2D eigenvalue weighted by Gasteiger charge is 2.21. The molecule has 0 unspecified atom stereocenters. The van der Waals surface area contributed by atoms with Crippen molar-refractivity contribution in [2.45, 2.75) is 12.5 Å². The van der Waals surface area contributed by atoms with Gasteiger partial charge in [0.2, 0.25) is 0 Å². The summed E-state index contributed by atoms with van der Waals surface area (Å²) in [5.74, 6) is 0.780. The fourth-order valence-corrected chi connectivity index (χ4v) is 2.23. The Kier molecular flexibility index (Phi) is 3.33. The average molecular weight is 286 g/mol. The standard InChI is InChI=1S/C11H12BrNO3/c1-15-10-3-2-7(6-8(10)12)9-4-5-16-11(14)13-9/h2-3,6,9H,4-5H2,1H3,(H,13,14)/t9-/m1/s1. The molecule has 1 amide bonds. The van der Waals surface area contributed by atoms with Gasteiger partial charge in [0.25, 0.3) is 0 Å². The van der Waals surface area contributed by atoms with Gasteiger partial charge in [0, 0.05) is 6.42 Å². The van der Waals surface area contributed by atoms with Crippen LogP contribution in [-0.4, -0.2) is 19.8 Å². The van der Waals surface area contributed by atoms with Crippen molar-refractivity contribution in [2.75, 3.05) is 13.7 Å². The minimum atomic E-state index is -0.358. The Morgan fingerprint density at radius 1 is 1.56 bits per heavy atom. The van der Waals surface area contributed by atoms with E-state index < -0.39 is 0 Å². The number of cyclic esters (lactones) is 1. The highest BCUT2D eigenvalue weighted by atomic mass is 79.9. The summed E-state index contributed by atoms with van der Waals surface area (Å²) in [5.41, 5.74) is 1.05. The Balaban J connectivity index is 2.20. The third kappa shape index (κ3) is 2.29. The van der Waals surface area contributed by atoms with Crippen LogP contribution in [0.25, 0.3) is 0 Å². The number of hydrogen-bond acceptors (Lipinski definition) is 3. The van der Waals surface area contributed by atoms with Crippen LogP contribution < -0.4 is 10.1 Å². The maximum Gasteiger partial charge on any atom is 0.407 e. The summed E-state index contributed by atoms with van der Waals surface area (Å²) in [6.07, 6.45) is 0.424. The van der Waals surface area contributed by atoms with E-state index in [2.05, 4.69) is 21.2 Å². The molecule has 1 aromatic carbocycles. The largest absolute Gasteiger partial charge is 0.496 e. The molecule has 5 heteroatoms. The van der Waals surface area contributed by atoms with Crippen molar-refractivity contribution in [3.05, 3.63) is 28.2 Å². The second kappa shape index (κ2) is 4.74. The molecule has 1 atom stereocenters. The molecule has 0 spiro atoms. The van der Waals surface area contributed by atoms with Crippen molar-refractivity contribution in [3.63, 3.8) is 0 Å². The topological polar surface area (TPSA) is 47.6 Å². The minimum absolute atomic E-state index is 0.0171. The molecule has 1 fully saturated rings.